The summed E-state index contributed by atoms with van der Waals surface area (Å²) in [5.41, 5.74) is 4.10. The third kappa shape index (κ3) is 6.13. The molecule has 0 bridgehead atoms. The van der Waals surface area contributed by atoms with Crippen LogP contribution in [0.1, 0.15) is 32.8 Å². The number of nitrogens with zero attached hydrogens (tertiary/aromatic N) is 1. The summed E-state index contributed by atoms with van der Waals surface area (Å²) < 4.78 is 26.5. The lowest BCUT2D eigenvalue weighted by Gasteiger charge is -2.23. The summed E-state index contributed by atoms with van der Waals surface area (Å²) in [6.45, 7) is 5.23. The summed E-state index contributed by atoms with van der Waals surface area (Å²) in [6, 6.07) is 3.19. The van der Waals surface area contributed by atoms with Gasteiger partial charge in [-0.1, -0.05) is 13.0 Å². The number of guanidine groups is 1. The molecule has 0 aromatic heterocycles. The quantitative estimate of drug-likeness (QED) is 0.395. The van der Waals surface area contributed by atoms with Gasteiger partial charge in [-0.15, -0.1) is 24.0 Å². The lowest BCUT2D eigenvalue weighted by molar-refractivity contribution is 0.0633. The first-order valence-corrected chi connectivity index (χ1v) is 6.50. The molecular weight excluding hydrogens is 391 g/mol. The van der Waals surface area contributed by atoms with Crippen molar-refractivity contribution in [2.75, 3.05) is 6.54 Å². The minimum absolute atomic E-state index is 0. The van der Waals surface area contributed by atoms with E-state index in [9.17, 15) is 13.9 Å². The molecule has 0 aliphatic rings. The van der Waals surface area contributed by atoms with Gasteiger partial charge >= 0.3 is 0 Å². The van der Waals surface area contributed by atoms with Crippen LogP contribution in [0.5, 0.6) is 0 Å². The number of benzene rings is 1. The normalized spacial score (nSPS) is 15.8. The molecule has 0 radical (unpaired) electrons. The number of hydrogen-bond donors (Lipinski definition) is 3. The van der Waals surface area contributed by atoms with E-state index < -0.39 is 17.2 Å². The Morgan fingerprint density at radius 2 is 2.10 bits per heavy atom. The smallest absolute Gasteiger partial charge is 0.188 e. The summed E-state index contributed by atoms with van der Waals surface area (Å²) in [5, 5.41) is 13.2. The highest BCUT2D eigenvalue weighted by molar-refractivity contribution is 14.0. The molecule has 0 aliphatic heterocycles. The molecule has 1 aromatic rings. The zero-order valence-electron chi connectivity index (χ0n) is 12.4. The molecule has 1 aromatic carbocycles. The van der Waals surface area contributed by atoms with Crippen molar-refractivity contribution in [3.05, 3.63) is 35.4 Å². The number of nitrogens with one attached hydrogen (secondary N) is 1. The Labute approximate surface area is 140 Å². The highest BCUT2D eigenvalue weighted by atomic mass is 127. The first-order valence-electron chi connectivity index (χ1n) is 6.50. The zero-order chi connectivity index (χ0) is 15.3. The maximum atomic E-state index is 13.6. The average molecular weight is 413 g/mol. The van der Waals surface area contributed by atoms with Crippen LogP contribution in [0.15, 0.2) is 23.2 Å². The molecule has 2 unspecified atom stereocenters. The summed E-state index contributed by atoms with van der Waals surface area (Å²) in [6.07, 6.45) is 0.874. The molecular formula is C14H22F2IN3O. The predicted molar refractivity (Wildman–Crippen MR) is 90.7 cm³/mol. The van der Waals surface area contributed by atoms with Gasteiger partial charge in [0.2, 0.25) is 0 Å². The van der Waals surface area contributed by atoms with Crippen molar-refractivity contribution < 1.29 is 13.9 Å². The second kappa shape index (κ2) is 8.47. The van der Waals surface area contributed by atoms with Crippen LogP contribution < -0.4 is 11.1 Å². The van der Waals surface area contributed by atoms with Gasteiger partial charge in [-0.05, 0) is 26.3 Å². The Balaban J connectivity index is 0.00000400. The van der Waals surface area contributed by atoms with Crippen LogP contribution >= 0.6 is 24.0 Å². The largest absolute Gasteiger partial charge is 0.383 e. The Hall–Kier alpha value is -0.960. The molecule has 0 aliphatic carbocycles. The van der Waals surface area contributed by atoms with Crippen molar-refractivity contribution in [2.45, 2.75) is 38.8 Å². The molecule has 120 valence electrons. The fourth-order valence-electron chi connectivity index (χ4n) is 1.65. The number of rotatable bonds is 5. The summed E-state index contributed by atoms with van der Waals surface area (Å²) in [5.74, 6) is -1.32. The Morgan fingerprint density at radius 3 is 2.62 bits per heavy atom. The molecule has 0 spiro atoms. The van der Waals surface area contributed by atoms with Gasteiger partial charge in [0.15, 0.2) is 5.96 Å². The van der Waals surface area contributed by atoms with Crippen LogP contribution in [0.2, 0.25) is 0 Å². The SMILES string of the molecule is CCC(C)NC(N)=NCC(C)(O)c1ccc(F)cc1F.I. The molecule has 4 nitrogen and oxygen atoms in total. The number of aliphatic imine (C=N–C) groups is 1. The van der Waals surface area contributed by atoms with Gasteiger partial charge < -0.3 is 16.2 Å². The highest BCUT2D eigenvalue weighted by Gasteiger charge is 2.26. The van der Waals surface area contributed by atoms with Gasteiger partial charge in [0.25, 0.3) is 0 Å². The lowest BCUT2D eigenvalue weighted by Crippen LogP contribution is -2.39. The van der Waals surface area contributed by atoms with Gasteiger partial charge in [0.05, 0.1) is 6.54 Å². The van der Waals surface area contributed by atoms with Crippen molar-refractivity contribution in [1.82, 2.24) is 5.32 Å². The van der Waals surface area contributed by atoms with E-state index in [1.165, 1.54) is 13.0 Å². The molecule has 0 saturated heterocycles. The Morgan fingerprint density at radius 1 is 1.48 bits per heavy atom. The van der Waals surface area contributed by atoms with E-state index >= 15 is 0 Å². The monoisotopic (exact) mass is 413 g/mol. The average Bonchev–Trinajstić information content (AvgIpc) is 2.36. The first kappa shape index (κ1) is 20.0. The number of hydrogen-bond acceptors (Lipinski definition) is 2. The van der Waals surface area contributed by atoms with E-state index in [2.05, 4.69) is 10.3 Å². The van der Waals surface area contributed by atoms with Gasteiger partial charge in [0.1, 0.15) is 17.2 Å². The highest BCUT2D eigenvalue weighted by Crippen LogP contribution is 2.24. The molecule has 1 rings (SSSR count). The van der Waals surface area contributed by atoms with Crippen LogP contribution in [-0.2, 0) is 5.60 Å². The second-order valence-corrected chi connectivity index (χ2v) is 5.05. The van der Waals surface area contributed by atoms with Crippen molar-refractivity contribution in [3.8, 4) is 0 Å². The fourth-order valence-corrected chi connectivity index (χ4v) is 1.65. The van der Waals surface area contributed by atoms with E-state index in [1.807, 2.05) is 13.8 Å². The number of halogens is 3. The Kier molecular flexibility index (Phi) is 8.09. The standard InChI is InChI=1S/C14H21F2N3O.HI/c1-4-9(2)19-13(17)18-8-14(3,20)11-6-5-10(15)7-12(11)16;/h5-7,9,20H,4,8H2,1-3H3,(H3,17,18,19);1H. The van der Waals surface area contributed by atoms with E-state index in [0.29, 0.717) is 0 Å². The molecule has 0 heterocycles. The molecule has 0 fully saturated rings. The maximum Gasteiger partial charge on any atom is 0.188 e. The van der Waals surface area contributed by atoms with Gasteiger partial charge in [-0.2, -0.15) is 0 Å². The van der Waals surface area contributed by atoms with Crippen molar-refractivity contribution in [2.24, 2.45) is 10.7 Å². The summed E-state index contributed by atoms with van der Waals surface area (Å²) >= 11 is 0. The van der Waals surface area contributed by atoms with E-state index in [-0.39, 0.29) is 48.1 Å². The van der Waals surface area contributed by atoms with E-state index in [4.69, 9.17) is 5.73 Å². The Bertz CT molecular complexity index is 495. The maximum absolute atomic E-state index is 13.6. The third-order valence-electron chi connectivity index (χ3n) is 3.08. The van der Waals surface area contributed by atoms with Crippen LogP contribution in [0.4, 0.5) is 8.78 Å². The van der Waals surface area contributed by atoms with E-state index in [1.54, 1.807) is 0 Å². The molecule has 0 saturated carbocycles. The van der Waals surface area contributed by atoms with Crippen molar-refractivity contribution in [3.63, 3.8) is 0 Å². The zero-order valence-corrected chi connectivity index (χ0v) is 14.7. The first-order chi connectivity index (χ1) is 9.26. The van der Waals surface area contributed by atoms with Gasteiger partial charge in [0, 0.05) is 17.7 Å². The molecule has 2 atom stereocenters. The number of aliphatic hydroxyl groups is 1. The molecule has 0 amide bonds. The van der Waals surface area contributed by atoms with Crippen LogP contribution in [-0.4, -0.2) is 23.7 Å². The van der Waals surface area contributed by atoms with Gasteiger partial charge in [-0.3, -0.25) is 4.99 Å². The van der Waals surface area contributed by atoms with Crippen LogP contribution in [0, 0.1) is 11.6 Å². The fraction of sp³-hybridized carbons (Fsp3) is 0.500. The van der Waals surface area contributed by atoms with Crippen molar-refractivity contribution >= 4 is 29.9 Å². The predicted octanol–water partition coefficient (Wildman–Crippen LogP) is 2.49. The molecule has 21 heavy (non-hydrogen) atoms. The van der Waals surface area contributed by atoms with E-state index in [0.717, 1.165) is 18.6 Å². The number of nitrogens with two attached hydrogens (primary N) is 1. The van der Waals surface area contributed by atoms with Crippen LogP contribution in [0.25, 0.3) is 0 Å². The summed E-state index contributed by atoms with van der Waals surface area (Å²) in [7, 11) is 0. The summed E-state index contributed by atoms with van der Waals surface area (Å²) in [4.78, 5) is 4.00. The molecule has 7 heteroatoms. The third-order valence-corrected chi connectivity index (χ3v) is 3.08. The minimum Gasteiger partial charge on any atom is -0.383 e. The minimum atomic E-state index is -1.56. The lowest BCUT2D eigenvalue weighted by atomic mass is 9.95. The molecule has 4 N–H and O–H groups in total. The van der Waals surface area contributed by atoms with Crippen molar-refractivity contribution in [1.29, 1.82) is 0 Å². The van der Waals surface area contributed by atoms with Crippen LogP contribution in [0.3, 0.4) is 0 Å². The second-order valence-electron chi connectivity index (χ2n) is 5.05. The topological polar surface area (TPSA) is 70.6 Å². The van der Waals surface area contributed by atoms with Gasteiger partial charge in [-0.25, -0.2) is 8.78 Å².